The first-order valence-electron chi connectivity index (χ1n) is 7.76. The topological polar surface area (TPSA) is 23.6 Å². The molecular weight excluding hydrogens is 414 g/mol. The van der Waals surface area contributed by atoms with Gasteiger partial charge in [0.2, 0.25) is 0 Å². The van der Waals surface area contributed by atoms with Crippen molar-refractivity contribution in [2.45, 2.75) is 6.42 Å². The average Bonchev–Trinajstić information content (AvgIpc) is 2.57. The Kier molecular flexibility index (Phi) is 8.20. The summed E-state index contributed by atoms with van der Waals surface area (Å²) in [4.78, 5) is 0. The van der Waals surface area contributed by atoms with Crippen molar-refractivity contribution >= 4 is 57.0 Å². The Morgan fingerprint density at radius 1 is 1.17 bits per heavy atom. The van der Waals surface area contributed by atoms with E-state index in [-0.39, 0.29) is 5.92 Å². The van der Waals surface area contributed by atoms with Gasteiger partial charge in [-0.2, -0.15) is 0 Å². The average molecular weight is 439 g/mol. The summed E-state index contributed by atoms with van der Waals surface area (Å²) < 4.78 is 17.1. The molecule has 9 heteroatoms. The molecule has 0 amide bonds. The molecule has 2 rings (SSSR count). The predicted molar refractivity (Wildman–Crippen MR) is 119 cm³/mol. The molecule has 2 aliphatic rings. The molecule has 134 valence electrons. The van der Waals surface area contributed by atoms with E-state index in [0.717, 1.165) is 29.8 Å². The van der Waals surface area contributed by atoms with Crippen LogP contribution in [-0.4, -0.2) is 60.4 Å². The Hall–Kier alpha value is 0.970. The number of nitrogens with zero attached hydrogens (tertiary/aromatic N) is 2. The Morgan fingerprint density at radius 3 is 2.29 bits per heavy atom. The molecule has 2 aliphatic heterocycles. The van der Waals surface area contributed by atoms with Crippen molar-refractivity contribution in [3.8, 4) is 24.2 Å². The zero-order valence-corrected chi connectivity index (χ0v) is 19.4. The van der Waals surface area contributed by atoms with Crippen LogP contribution in [0.2, 0.25) is 0 Å². The summed E-state index contributed by atoms with van der Waals surface area (Å²) in [7, 11) is 6.10. The molecular formula is C15H24N2OP2S4. The molecule has 0 aromatic heterocycles. The van der Waals surface area contributed by atoms with E-state index in [0.29, 0.717) is 12.5 Å². The van der Waals surface area contributed by atoms with E-state index in [1.807, 2.05) is 23.1 Å². The fourth-order valence-corrected chi connectivity index (χ4v) is 15.6. The molecule has 0 spiro atoms. The molecule has 2 unspecified atom stereocenters. The van der Waals surface area contributed by atoms with Crippen molar-refractivity contribution in [2.75, 3.05) is 51.1 Å². The maximum atomic E-state index is 12.9. The van der Waals surface area contributed by atoms with E-state index in [1.54, 1.807) is 0 Å². The standard InChI is InChI=1S/C15H24N2OP2S4/c1-5-14-11-23-20(18,24-12-14)17(4)9-6-7-15-8-10-19(21,16(2)3)22-13-15/h1,14-15H,8-13H2,2-4H3. The molecule has 2 atom stereocenters. The van der Waals surface area contributed by atoms with Gasteiger partial charge in [0.1, 0.15) is 0 Å². The first kappa shape index (κ1) is 21.3. The van der Waals surface area contributed by atoms with Gasteiger partial charge >= 0.3 is 0 Å². The van der Waals surface area contributed by atoms with Crippen molar-refractivity contribution in [1.29, 1.82) is 0 Å². The molecule has 0 aromatic carbocycles. The largest absolute Gasteiger partial charge is 0.283 e. The van der Waals surface area contributed by atoms with Gasteiger partial charge in [-0.3, -0.25) is 9.24 Å². The lowest BCUT2D eigenvalue weighted by atomic mass is 10.1. The van der Waals surface area contributed by atoms with Gasteiger partial charge in [0.25, 0.3) is 5.70 Å². The van der Waals surface area contributed by atoms with Crippen LogP contribution < -0.4 is 0 Å². The highest BCUT2D eigenvalue weighted by molar-refractivity contribution is 8.90. The highest BCUT2D eigenvalue weighted by Crippen LogP contribution is 2.73. The van der Waals surface area contributed by atoms with E-state index in [4.69, 9.17) is 18.2 Å². The molecule has 0 bridgehead atoms. The van der Waals surface area contributed by atoms with Gasteiger partial charge in [-0.25, -0.2) is 4.67 Å². The zero-order valence-electron chi connectivity index (χ0n) is 14.3. The normalized spacial score (nSPS) is 36.8. The van der Waals surface area contributed by atoms with Crippen LogP contribution in [-0.2, 0) is 16.4 Å². The molecule has 0 aliphatic carbocycles. The summed E-state index contributed by atoms with van der Waals surface area (Å²) in [6.45, 7) is 0.557. The second-order valence-electron chi connectivity index (χ2n) is 6.05. The first-order valence-corrected chi connectivity index (χ1v) is 17.1. The molecule has 3 nitrogen and oxygen atoms in total. The Balaban J connectivity index is 1.83. The summed E-state index contributed by atoms with van der Waals surface area (Å²) in [6.07, 6.45) is 7.63. The quantitative estimate of drug-likeness (QED) is 0.476. The number of hydrogen-bond acceptors (Lipinski definition) is 5. The first-order chi connectivity index (χ1) is 11.3. The van der Waals surface area contributed by atoms with Gasteiger partial charge in [0, 0.05) is 29.1 Å². The maximum absolute atomic E-state index is 12.9. The summed E-state index contributed by atoms with van der Waals surface area (Å²) in [5, 5.41) is -1.38. The van der Waals surface area contributed by atoms with Crippen LogP contribution in [0.5, 0.6) is 0 Å². The number of hydrogen-bond donors (Lipinski definition) is 0. The lowest BCUT2D eigenvalue weighted by Gasteiger charge is -2.33. The zero-order chi connectivity index (χ0) is 17.8. The van der Waals surface area contributed by atoms with Gasteiger partial charge in [-0.15, -0.1) is 23.7 Å². The van der Waals surface area contributed by atoms with Crippen LogP contribution in [0.4, 0.5) is 0 Å². The van der Waals surface area contributed by atoms with E-state index in [1.165, 1.54) is 22.8 Å². The minimum atomic E-state index is -2.41. The Labute approximate surface area is 163 Å². The van der Waals surface area contributed by atoms with Gasteiger partial charge in [0.05, 0.1) is 11.9 Å². The minimum absolute atomic E-state index is 0.236. The third kappa shape index (κ3) is 5.48. The predicted octanol–water partition coefficient (Wildman–Crippen LogP) is 4.38. The van der Waals surface area contributed by atoms with Gasteiger partial charge in [-0.1, -0.05) is 46.4 Å². The lowest BCUT2D eigenvalue weighted by Crippen LogP contribution is -2.19. The number of terminal acetylenes is 1. The molecule has 2 fully saturated rings. The molecule has 0 N–H and O–H groups in total. The molecule has 0 saturated carbocycles. The van der Waals surface area contributed by atoms with Gasteiger partial charge in [-0.05, 0) is 33.7 Å². The smallest absolute Gasteiger partial charge is 0.257 e. The van der Waals surface area contributed by atoms with Crippen LogP contribution >= 0.6 is 45.2 Å². The minimum Gasteiger partial charge on any atom is -0.283 e. The van der Waals surface area contributed by atoms with Crippen molar-refractivity contribution in [1.82, 2.24) is 9.34 Å². The fourth-order valence-electron chi connectivity index (χ4n) is 2.24. The van der Waals surface area contributed by atoms with Crippen molar-refractivity contribution in [2.24, 2.45) is 11.8 Å². The van der Waals surface area contributed by atoms with Gasteiger partial charge in [0.15, 0.2) is 0 Å². The Bertz CT molecular complexity index is 628. The van der Waals surface area contributed by atoms with Crippen LogP contribution in [0.3, 0.4) is 0 Å². The van der Waals surface area contributed by atoms with E-state index in [2.05, 4.69) is 36.5 Å². The highest BCUT2D eigenvalue weighted by Gasteiger charge is 2.34. The lowest BCUT2D eigenvalue weighted by molar-refractivity contribution is 0.527. The van der Waals surface area contributed by atoms with Crippen LogP contribution in [0.1, 0.15) is 6.42 Å². The van der Waals surface area contributed by atoms with Crippen LogP contribution in [0.25, 0.3) is 0 Å². The molecule has 2 saturated heterocycles. The van der Waals surface area contributed by atoms with E-state index >= 15 is 0 Å². The monoisotopic (exact) mass is 438 g/mol. The van der Waals surface area contributed by atoms with E-state index in [9.17, 15) is 4.57 Å². The number of rotatable bonds is 3. The third-order valence-corrected chi connectivity index (χ3v) is 21.8. The fraction of sp³-hybridized carbons (Fsp3) is 0.733. The SMILES string of the molecule is C#CC1CSP(=O)(N(C)CC#CC2CCP(=S)(N(C)C)SC2)SC1. The second-order valence-corrected chi connectivity index (χ2v) is 22.3. The summed E-state index contributed by atoms with van der Waals surface area (Å²) in [6, 6.07) is 0. The van der Waals surface area contributed by atoms with Crippen molar-refractivity contribution in [3.05, 3.63) is 0 Å². The highest BCUT2D eigenvalue weighted by atomic mass is 33.1. The Morgan fingerprint density at radius 2 is 1.79 bits per heavy atom. The summed E-state index contributed by atoms with van der Waals surface area (Å²) in [5.74, 6) is 12.6. The van der Waals surface area contributed by atoms with Crippen LogP contribution in [0.15, 0.2) is 0 Å². The summed E-state index contributed by atoms with van der Waals surface area (Å²) >= 11 is 10.7. The van der Waals surface area contributed by atoms with Crippen LogP contribution in [0, 0.1) is 36.0 Å². The van der Waals surface area contributed by atoms with E-state index < -0.39 is 11.1 Å². The van der Waals surface area contributed by atoms with Crippen molar-refractivity contribution in [3.63, 3.8) is 0 Å². The van der Waals surface area contributed by atoms with Crippen molar-refractivity contribution < 1.29 is 4.57 Å². The molecule has 2 heterocycles. The second kappa shape index (κ2) is 9.25. The molecule has 0 radical (unpaired) electrons. The van der Waals surface area contributed by atoms with Gasteiger partial charge < -0.3 is 0 Å². The molecule has 24 heavy (non-hydrogen) atoms. The third-order valence-electron chi connectivity index (χ3n) is 3.99. The maximum Gasteiger partial charge on any atom is 0.257 e. The molecule has 0 aromatic rings. The summed E-state index contributed by atoms with van der Waals surface area (Å²) in [5.41, 5.74) is -2.41.